The summed E-state index contributed by atoms with van der Waals surface area (Å²) in [5.74, 6) is 1.36. The Hall–Kier alpha value is -2.15. The zero-order valence-corrected chi connectivity index (χ0v) is 16.6. The van der Waals surface area contributed by atoms with Gasteiger partial charge in [0.05, 0.1) is 26.9 Å². The predicted octanol–water partition coefficient (Wildman–Crippen LogP) is 3.54. The topological polar surface area (TPSA) is 66.8 Å². The Morgan fingerprint density at radius 3 is 2.88 bits per heavy atom. The van der Waals surface area contributed by atoms with Crippen LogP contribution in [-0.2, 0) is 11.3 Å². The van der Waals surface area contributed by atoms with E-state index < -0.39 is 0 Å². The number of likely N-dealkylation sites (tertiary alicyclic amines) is 1. The predicted molar refractivity (Wildman–Crippen MR) is 104 cm³/mol. The molecular formula is C19H22BrN5O. The molecule has 3 aromatic rings. The number of nitrogens with one attached hydrogen (secondary N) is 1. The van der Waals surface area contributed by atoms with Gasteiger partial charge in [0.15, 0.2) is 0 Å². The number of hydrogen-bond acceptors (Lipinski definition) is 3. The summed E-state index contributed by atoms with van der Waals surface area (Å²) < 4.78 is 2.76. The first-order chi connectivity index (χ1) is 12.5. The van der Waals surface area contributed by atoms with Gasteiger partial charge in [-0.1, -0.05) is 12.1 Å². The largest absolute Gasteiger partial charge is 0.342 e. The number of nitrogens with zero attached hydrogens (tertiary/aromatic N) is 4. The van der Waals surface area contributed by atoms with Gasteiger partial charge in [0.25, 0.3) is 0 Å². The number of amides is 1. The minimum atomic E-state index is 0.115. The molecule has 0 bridgehead atoms. The van der Waals surface area contributed by atoms with Gasteiger partial charge in [0.2, 0.25) is 5.91 Å². The van der Waals surface area contributed by atoms with Crippen LogP contribution in [0.4, 0.5) is 0 Å². The van der Waals surface area contributed by atoms with Gasteiger partial charge in [-0.05, 0) is 54.8 Å². The maximum absolute atomic E-state index is 12.8. The maximum atomic E-state index is 12.8. The molecule has 0 radical (unpaired) electrons. The van der Waals surface area contributed by atoms with E-state index in [2.05, 4.69) is 26.0 Å². The second-order valence-corrected chi connectivity index (χ2v) is 7.75. The molecule has 0 spiro atoms. The van der Waals surface area contributed by atoms with Gasteiger partial charge in [0, 0.05) is 19.0 Å². The lowest BCUT2D eigenvalue weighted by molar-refractivity contribution is -0.133. The fraction of sp³-hybridized carbons (Fsp3) is 0.421. The number of carbonyl (C=O) groups excluding carboxylic acids is 1. The Balaban J connectivity index is 1.49. The van der Waals surface area contributed by atoms with E-state index in [4.69, 9.17) is 4.98 Å². The molecule has 1 unspecified atom stereocenters. The number of aromatic amines is 1. The zero-order valence-electron chi connectivity index (χ0n) is 15.0. The monoisotopic (exact) mass is 415 g/mol. The number of piperidine rings is 1. The van der Waals surface area contributed by atoms with Gasteiger partial charge in [-0.25, -0.2) is 4.98 Å². The normalized spacial score (nSPS) is 17.8. The lowest BCUT2D eigenvalue weighted by atomic mass is 9.97. The van der Waals surface area contributed by atoms with E-state index in [0.717, 1.165) is 52.1 Å². The van der Waals surface area contributed by atoms with Crippen LogP contribution < -0.4 is 0 Å². The quantitative estimate of drug-likeness (QED) is 0.710. The number of aryl methyl sites for hydroxylation is 1. The van der Waals surface area contributed by atoms with Crippen LogP contribution in [0.2, 0.25) is 0 Å². The van der Waals surface area contributed by atoms with Gasteiger partial charge < -0.3 is 9.88 Å². The SMILES string of the molecule is Cc1nn(CC(=O)N2CCCC(c3nc4ccccc4[nH]3)C2)c(C)c1Br. The number of carbonyl (C=O) groups is 1. The smallest absolute Gasteiger partial charge is 0.244 e. The molecule has 2 aromatic heterocycles. The second kappa shape index (κ2) is 6.87. The number of para-hydroxylation sites is 2. The molecule has 1 aliphatic heterocycles. The van der Waals surface area contributed by atoms with Crippen LogP contribution in [-0.4, -0.2) is 43.6 Å². The molecule has 4 rings (SSSR count). The maximum Gasteiger partial charge on any atom is 0.244 e. The number of benzene rings is 1. The first-order valence-electron chi connectivity index (χ1n) is 8.95. The van der Waals surface area contributed by atoms with Crippen LogP contribution in [0.15, 0.2) is 28.7 Å². The van der Waals surface area contributed by atoms with Crippen molar-refractivity contribution in [3.63, 3.8) is 0 Å². The van der Waals surface area contributed by atoms with Crippen LogP contribution >= 0.6 is 15.9 Å². The molecule has 136 valence electrons. The Bertz CT molecular complexity index is 927. The summed E-state index contributed by atoms with van der Waals surface area (Å²) in [6.45, 7) is 5.71. The number of halogens is 1. The highest BCUT2D eigenvalue weighted by Crippen LogP contribution is 2.27. The van der Waals surface area contributed by atoms with Crippen LogP contribution in [0.3, 0.4) is 0 Å². The molecule has 26 heavy (non-hydrogen) atoms. The highest BCUT2D eigenvalue weighted by molar-refractivity contribution is 9.10. The fourth-order valence-electron chi connectivity index (χ4n) is 3.65. The van der Waals surface area contributed by atoms with E-state index in [-0.39, 0.29) is 18.4 Å². The van der Waals surface area contributed by atoms with Crippen LogP contribution in [0.1, 0.15) is 36.0 Å². The molecule has 1 aliphatic rings. The van der Waals surface area contributed by atoms with Crippen molar-refractivity contribution in [3.8, 4) is 0 Å². The number of aromatic nitrogens is 4. The van der Waals surface area contributed by atoms with Crippen molar-refractivity contribution >= 4 is 32.9 Å². The molecule has 1 aromatic carbocycles. The minimum absolute atomic E-state index is 0.115. The molecule has 1 amide bonds. The van der Waals surface area contributed by atoms with Crippen molar-refractivity contribution in [3.05, 3.63) is 46.0 Å². The van der Waals surface area contributed by atoms with Gasteiger partial charge >= 0.3 is 0 Å². The van der Waals surface area contributed by atoms with E-state index in [1.807, 2.05) is 43.0 Å². The number of hydrogen-bond donors (Lipinski definition) is 1. The Kier molecular flexibility index (Phi) is 4.56. The Labute approximate surface area is 160 Å². The second-order valence-electron chi connectivity index (χ2n) is 6.96. The van der Waals surface area contributed by atoms with Crippen molar-refractivity contribution in [1.82, 2.24) is 24.6 Å². The van der Waals surface area contributed by atoms with Crippen LogP contribution in [0.25, 0.3) is 11.0 Å². The zero-order chi connectivity index (χ0) is 18.3. The fourth-order valence-corrected chi connectivity index (χ4v) is 3.93. The van der Waals surface area contributed by atoms with E-state index in [9.17, 15) is 4.79 Å². The number of fused-ring (bicyclic) bond motifs is 1. The summed E-state index contributed by atoms with van der Waals surface area (Å²) in [5, 5.41) is 4.45. The third-order valence-electron chi connectivity index (χ3n) is 5.15. The van der Waals surface area contributed by atoms with Crippen molar-refractivity contribution in [2.45, 2.75) is 39.2 Å². The lowest BCUT2D eigenvalue weighted by Gasteiger charge is -2.32. The van der Waals surface area contributed by atoms with Gasteiger partial charge in [0.1, 0.15) is 12.4 Å². The molecule has 0 saturated carbocycles. The number of imidazole rings is 1. The summed E-state index contributed by atoms with van der Waals surface area (Å²) in [7, 11) is 0. The standard InChI is InChI=1S/C19H22BrN5O/c1-12-18(20)13(2)25(23-12)11-17(26)24-9-5-6-14(10-24)19-21-15-7-3-4-8-16(15)22-19/h3-4,7-8,14H,5-6,9-11H2,1-2H3,(H,21,22). The average molecular weight is 416 g/mol. The van der Waals surface area contributed by atoms with E-state index in [0.29, 0.717) is 6.54 Å². The van der Waals surface area contributed by atoms with E-state index >= 15 is 0 Å². The summed E-state index contributed by atoms with van der Waals surface area (Å²) in [6, 6.07) is 8.06. The molecule has 0 aliphatic carbocycles. The van der Waals surface area contributed by atoms with Crippen molar-refractivity contribution < 1.29 is 4.79 Å². The number of rotatable bonds is 3. The Morgan fingerprint density at radius 1 is 1.35 bits per heavy atom. The molecule has 7 heteroatoms. The molecule has 1 atom stereocenters. The lowest BCUT2D eigenvalue weighted by Crippen LogP contribution is -2.41. The number of H-pyrrole nitrogens is 1. The Morgan fingerprint density at radius 2 is 2.15 bits per heavy atom. The van der Waals surface area contributed by atoms with Crippen LogP contribution in [0, 0.1) is 13.8 Å². The molecule has 6 nitrogen and oxygen atoms in total. The molecular weight excluding hydrogens is 394 g/mol. The average Bonchev–Trinajstić information content (AvgIpc) is 3.19. The van der Waals surface area contributed by atoms with E-state index in [1.165, 1.54) is 0 Å². The van der Waals surface area contributed by atoms with Gasteiger partial charge in [-0.3, -0.25) is 9.48 Å². The first kappa shape index (κ1) is 17.3. The van der Waals surface area contributed by atoms with Gasteiger partial charge in [-0.15, -0.1) is 0 Å². The van der Waals surface area contributed by atoms with Gasteiger partial charge in [-0.2, -0.15) is 5.10 Å². The highest BCUT2D eigenvalue weighted by atomic mass is 79.9. The summed E-state index contributed by atoms with van der Waals surface area (Å²) in [4.78, 5) is 22.9. The summed E-state index contributed by atoms with van der Waals surface area (Å²) >= 11 is 3.52. The van der Waals surface area contributed by atoms with Crippen molar-refractivity contribution in [1.29, 1.82) is 0 Å². The minimum Gasteiger partial charge on any atom is -0.342 e. The molecule has 1 fully saturated rings. The molecule has 1 N–H and O–H groups in total. The molecule has 1 saturated heterocycles. The van der Waals surface area contributed by atoms with Crippen LogP contribution in [0.5, 0.6) is 0 Å². The highest BCUT2D eigenvalue weighted by Gasteiger charge is 2.27. The van der Waals surface area contributed by atoms with Crippen molar-refractivity contribution in [2.24, 2.45) is 0 Å². The first-order valence-corrected chi connectivity index (χ1v) is 9.74. The summed E-state index contributed by atoms with van der Waals surface area (Å²) in [6.07, 6.45) is 2.04. The third kappa shape index (κ3) is 3.16. The van der Waals surface area contributed by atoms with E-state index in [1.54, 1.807) is 4.68 Å². The van der Waals surface area contributed by atoms with Crippen molar-refractivity contribution in [2.75, 3.05) is 13.1 Å². The summed E-state index contributed by atoms with van der Waals surface area (Å²) in [5.41, 5.74) is 3.94. The molecule has 3 heterocycles. The third-order valence-corrected chi connectivity index (χ3v) is 6.29.